The molecule has 0 radical (unpaired) electrons. The predicted molar refractivity (Wildman–Crippen MR) is 141 cm³/mol. The highest BCUT2D eigenvalue weighted by molar-refractivity contribution is 9.10. The Kier molecular flexibility index (Phi) is 7.45. The normalized spacial score (nSPS) is 14.6. The molecule has 34 heavy (non-hydrogen) atoms. The van der Waals surface area contributed by atoms with E-state index in [2.05, 4.69) is 21.2 Å². The molecule has 0 spiro atoms. The van der Waals surface area contributed by atoms with E-state index in [1.165, 1.54) is 40.9 Å². The molecule has 1 aliphatic heterocycles. The van der Waals surface area contributed by atoms with Gasteiger partial charge in [-0.15, -0.1) is 0 Å². The number of amides is 2. The lowest BCUT2D eigenvalue weighted by molar-refractivity contribution is -0.118. The lowest BCUT2D eigenvalue weighted by Crippen LogP contribution is -2.27. The summed E-state index contributed by atoms with van der Waals surface area (Å²) in [5, 5.41) is 2.80. The SMILES string of the molecule is Cc1cc(NC(=O)COc2ccc(/C=C3\SC(=S)N(c4ccc(F)cc4)C3=O)cc2)ccc1Br. The van der Waals surface area contributed by atoms with Crippen LogP contribution in [0.3, 0.4) is 0 Å². The van der Waals surface area contributed by atoms with Crippen LogP contribution in [-0.4, -0.2) is 22.7 Å². The summed E-state index contributed by atoms with van der Waals surface area (Å²) in [4.78, 5) is 26.8. The van der Waals surface area contributed by atoms with Crippen LogP contribution in [0.25, 0.3) is 6.08 Å². The maximum Gasteiger partial charge on any atom is 0.270 e. The van der Waals surface area contributed by atoms with Gasteiger partial charge in [0.05, 0.1) is 10.6 Å². The summed E-state index contributed by atoms with van der Waals surface area (Å²) in [6.45, 7) is 1.81. The maximum atomic E-state index is 13.2. The molecule has 0 aromatic heterocycles. The summed E-state index contributed by atoms with van der Waals surface area (Å²) < 4.78 is 20.1. The number of aryl methyl sites for hydroxylation is 1. The molecule has 9 heteroatoms. The Labute approximate surface area is 214 Å². The lowest BCUT2D eigenvalue weighted by Gasteiger charge is -2.14. The van der Waals surface area contributed by atoms with E-state index in [1.54, 1.807) is 30.3 Å². The Hall–Kier alpha value is -3.01. The number of halogens is 2. The van der Waals surface area contributed by atoms with Crippen LogP contribution < -0.4 is 15.0 Å². The highest BCUT2D eigenvalue weighted by Crippen LogP contribution is 2.36. The number of hydrogen-bond acceptors (Lipinski definition) is 5. The molecule has 1 fully saturated rings. The molecular weight excluding hydrogens is 539 g/mol. The molecule has 0 atom stereocenters. The van der Waals surface area contributed by atoms with E-state index in [4.69, 9.17) is 17.0 Å². The minimum atomic E-state index is -0.382. The quantitative estimate of drug-likeness (QED) is 0.284. The van der Waals surface area contributed by atoms with Gasteiger partial charge in [0.25, 0.3) is 11.8 Å². The number of anilines is 2. The molecule has 1 saturated heterocycles. The number of nitrogens with one attached hydrogen (secondary N) is 1. The van der Waals surface area contributed by atoms with E-state index in [0.717, 1.165) is 15.6 Å². The Morgan fingerprint density at radius 2 is 1.85 bits per heavy atom. The van der Waals surface area contributed by atoms with Crippen LogP contribution in [0.2, 0.25) is 0 Å². The van der Waals surface area contributed by atoms with Gasteiger partial charge in [0.2, 0.25) is 0 Å². The van der Waals surface area contributed by atoms with Crippen LogP contribution in [0.15, 0.2) is 76.1 Å². The molecule has 172 valence electrons. The molecule has 2 amide bonds. The third-order valence-electron chi connectivity index (χ3n) is 4.87. The maximum absolute atomic E-state index is 13.2. The van der Waals surface area contributed by atoms with E-state index >= 15 is 0 Å². The summed E-state index contributed by atoms with van der Waals surface area (Å²) in [5.41, 5.74) is 3.01. The van der Waals surface area contributed by atoms with Gasteiger partial charge in [-0.1, -0.05) is 52.0 Å². The van der Waals surface area contributed by atoms with E-state index in [9.17, 15) is 14.0 Å². The second kappa shape index (κ2) is 10.5. The van der Waals surface area contributed by atoms with E-state index in [1.807, 2.05) is 25.1 Å². The van der Waals surface area contributed by atoms with Crippen LogP contribution in [0.1, 0.15) is 11.1 Å². The largest absolute Gasteiger partial charge is 0.484 e. The van der Waals surface area contributed by atoms with Crippen LogP contribution in [0.5, 0.6) is 5.75 Å². The van der Waals surface area contributed by atoms with Gasteiger partial charge in [-0.05, 0) is 78.7 Å². The molecule has 1 aliphatic rings. The fraction of sp³-hybridized carbons (Fsp3) is 0.0800. The zero-order chi connectivity index (χ0) is 24.2. The van der Waals surface area contributed by atoms with Crippen molar-refractivity contribution in [3.8, 4) is 5.75 Å². The third-order valence-corrected chi connectivity index (χ3v) is 7.06. The Balaban J connectivity index is 1.36. The standard InChI is InChI=1S/C25H18BrFN2O3S2/c1-15-12-18(6-11-21(15)26)28-23(30)14-32-20-9-2-16(3-10-20)13-22-24(31)29(25(33)34-22)19-7-4-17(27)5-8-19/h2-13H,14H2,1H3,(H,28,30)/b22-13-. The van der Waals surface area contributed by atoms with Crippen LogP contribution >= 0.6 is 39.9 Å². The van der Waals surface area contributed by atoms with E-state index in [0.29, 0.717) is 26.3 Å². The van der Waals surface area contributed by atoms with Crippen molar-refractivity contribution in [2.24, 2.45) is 0 Å². The fourth-order valence-corrected chi connectivity index (χ4v) is 4.71. The zero-order valence-electron chi connectivity index (χ0n) is 17.9. The van der Waals surface area contributed by atoms with Crippen molar-refractivity contribution in [1.82, 2.24) is 0 Å². The van der Waals surface area contributed by atoms with Gasteiger partial charge in [-0.3, -0.25) is 14.5 Å². The van der Waals surface area contributed by atoms with Crippen molar-refractivity contribution in [2.45, 2.75) is 6.92 Å². The zero-order valence-corrected chi connectivity index (χ0v) is 21.1. The molecule has 4 rings (SSSR count). The molecule has 0 aliphatic carbocycles. The van der Waals surface area contributed by atoms with Crippen molar-refractivity contribution in [1.29, 1.82) is 0 Å². The second-order valence-corrected chi connectivity index (χ2v) is 9.89. The van der Waals surface area contributed by atoms with Gasteiger partial charge >= 0.3 is 0 Å². The Bertz CT molecular complexity index is 1290. The number of rotatable bonds is 6. The van der Waals surface area contributed by atoms with Gasteiger partial charge in [0.1, 0.15) is 11.6 Å². The number of carbonyl (C=O) groups excluding carboxylic acids is 2. The minimum absolute atomic E-state index is 0.134. The Morgan fingerprint density at radius 1 is 1.15 bits per heavy atom. The summed E-state index contributed by atoms with van der Waals surface area (Å²) in [5.74, 6) is -0.386. The fourth-order valence-electron chi connectivity index (χ4n) is 3.16. The first-order valence-electron chi connectivity index (χ1n) is 10.1. The highest BCUT2D eigenvalue weighted by atomic mass is 79.9. The number of benzene rings is 3. The first kappa shape index (κ1) is 24.1. The van der Waals surface area contributed by atoms with Crippen molar-refractivity contribution >= 4 is 73.5 Å². The first-order valence-corrected chi connectivity index (χ1v) is 12.1. The summed E-state index contributed by atoms with van der Waals surface area (Å²) >= 11 is 9.95. The first-order chi connectivity index (χ1) is 16.3. The number of thioether (sulfide) groups is 1. The smallest absolute Gasteiger partial charge is 0.270 e. The number of carbonyl (C=O) groups is 2. The van der Waals surface area contributed by atoms with Crippen LogP contribution in [-0.2, 0) is 9.59 Å². The third kappa shape index (κ3) is 5.72. The van der Waals surface area contributed by atoms with Gasteiger partial charge < -0.3 is 10.1 Å². The van der Waals surface area contributed by atoms with E-state index < -0.39 is 0 Å². The number of hydrogen-bond donors (Lipinski definition) is 1. The summed E-state index contributed by atoms with van der Waals surface area (Å²) in [7, 11) is 0. The van der Waals surface area contributed by atoms with Crippen molar-refractivity contribution in [2.75, 3.05) is 16.8 Å². The number of ether oxygens (including phenoxy) is 1. The average Bonchev–Trinajstić information content (AvgIpc) is 3.09. The van der Waals surface area contributed by atoms with Crippen LogP contribution in [0, 0.1) is 12.7 Å². The molecular formula is C25H18BrFN2O3S2. The van der Waals surface area contributed by atoms with Crippen LogP contribution in [0.4, 0.5) is 15.8 Å². The average molecular weight is 557 g/mol. The van der Waals surface area contributed by atoms with Gasteiger partial charge in [-0.2, -0.15) is 0 Å². The predicted octanol–water partition coefficient (Wildman–Crippen LogP) is 6.32. The number of nitrogens with zero attached hydrogens (tertiary/aromatic N) is 1. The molecule has 5 nitrogen and oxygen atoms in total. The van der Waals surface area contributed by atoms with Crippen molar-refractivity contribution < 1.29 is 18.7 Å². The molecule has 0 unspecified atom stereocenters. The number of thiocarbonyl (C=S) groups is 1. The summed E-state index contributed by atoms with van der Waals surface area (Å²) in [6.07, 6.45) is 1.73. The molecule has 0 saturated carbocycles. The highest BCUT2D eigenvalue weighted by Gasteiger charge is 2.33. The van der Waals surface area contributed by atoms with Gasteiger partial charge in [0.15, 0.2) is 10.9 Å². The summed E-state index contributed by atoms with van der Waals surface area (Å²) in [6, 6.07) is 18.2. The van der Waals surface area contributed by atoms with Gasteiger partial charge in [-0.25, -0.2) is 4.39 Å². The van der Waals surface area contributed by atoms with E-state index in [-0.39, 0.29) is 24.2 Å². The topological polar surface area (TPSA) is 58.6 Å². The monoisotopic (exact) mass is 556 g/mol. The molecule has 3 aromatic carbocycles. The molecule has 0 bridgehead atoms. The molecule has 1 N–H and O–H groups in total. The van der Waals surface area contributed by atoms with Crippen molar-refractivity contribution in [3.63, 3.8) is 0 Å². The van der Waals surface area contributed by atoms with Gasteiger partial charge in [0, 0.05) is 10.2 Å². The molecule has 3 aromatic rings. The van der Waals surface area contributed by atoms with Crippen molar-refractivity contribution in [3.05, 3.63) is 93.1 Å². The second-order valence-electron chi connectivity index (χ2n) is 7.36. The molecule has 1 heterocycles. The lowest BCUT2D eigenvalue weighted by atomic mass is 10.2. The minimum Gasteiger partial charge on any atom is -0.484 e. The Morgan fingerprint density at radius 3 is 2.53 bits per heavy atom.